The molecule has 0 saturated carbocycles. The van der Waals surface area contributed by atoms with E-state index in [2.05, 4.69) is 10.4 Å². The summed E-state index contributed by atoms with van der Waals surface area (Å²) in [5.74, 6) is 0.278. The SMILES string of the molecule is CCOCC(C)Nc1nn(C)cc1[N+](=O)[O-]. The van der Waals surface area contributed by atoms with Crippen molar-refractivity contribution in [2.24, 2.45) is 7.05 Å². The average molecular weight is 228 g/mol. The van der Waals surface area contributed by atoms with Crippen LogP contribution in [0.3, 0.4) is 0 Å². The Kier molecular flexibility index (Phi) is 4.24. The van der Waals surface area contributed by atoms with Crippen molar-refractivity contribution in [3.63, 3.8) is 0 Å². The highest BCUT2D eigenvalue weighted by molar-refractivity contribution is 5.54. The minimum Gasteiger partial charge on any atom is -0.380 e. The van der Waals surface area contributed by atoms with Gasteiger partial charge < -0.3 is 10.1 Å². The van der Waals surface area contributed by atoms with E-state index in [0.29, 0.717) is 13.2 Å². The second-order valence-corrected chi connectivity index (χ2v) is 3.50. The van der Waals surface area contributed by atoms with Crippen molar-refractivity contribution in [2.75, 3.05) is 18.5 Å². The van der Waals surface area contributed by atoms with Gasteiger partial charge in [0, 0.05) is 19.7 Å². The van der Waals surface area contributed by atoms with Gasteiger partial charge in [-0.05, 0) is 13.8 Å². The topological polar surface area (TPSA) is 82.2 Å². The molecule has 0 aromatic carbocycles. The Balaban J connectivity index is 2.68. The van der Waals surface area contributed by atoms with Gasteiger partial charge in [-0.3, -0.25) is 14.8 Å². The normalized spacial score (nSPS) is 12.4. The van der Waals surface area contributed by atoms with E-state index in [9.17, 15) is 10.1 Å². The van der Waals surface area contributed by atoms with Crippen molar-refractivity contribution in [3.05, 3.63) is 16.3 Å². The zero-order valence-corrected chi connectivity index (χ0v) is 9.64. The van der Waals surface area contributed by atoms with Crippen molar-refractivity contribution in [1.82, 2.24) is 9.78 Å². The van der Waals surface area contributed by atoms with Gasteiger partial charge in [-0.2, -0.15) is 0 Å². The standard InChI is InChI=1S/C9H16N4O3/c1-4-16-6-7(2)10-9-8(13(14)15)5-12(3)11-9/h5,7H,4,6H2,1-3H3,(H,10,11). The van der Waals surface area contributed by atoms with Gasteiger partial charge in [-0.15, -0.1) is 5.10 Å². The van der Waals surface area contributed by atoms with Crippen LogP contribution in [0, 0.1) is 10.1 Å². The summed E-state index contributed by atoms with van der Waals surface area (Å²) < 4.78 is 6.62. The predicted molar refractivity (Wildman–Crippen MR) is 59.4 cm³/mol. The largest absolute Gasteiger partial charge is 0.380 e. The van der Waals surface area contributed by atoms with Crippen LogP contribution in [0.5, 0.6) is 0 Å². The first-order chi connectivity index (χ1) is 7.54. The fourth-order valence-electron chi connectivity index (χ4n) is 1.28. The molecule has 7 heteroatoms. The smallest absolute Gasteiger partial charge is 0.330 e. The summed E-state index contributed by atoms with van der Waals surface area (Å²) in [7, 11) is 1.64. The van der Waals surface area contributed by atoms with Crippen LogP contribution >= 0.6 is 0 Å². The molecule has 0 aliphatic rings. The molecule has 16 heavy (non-hydrogen) atoms. The molecule has 0 spiro atoms. The molecule has 0 aliphatic heterocycles. The number of nitrogens with one attached hydrogen (secondary N) is 1. The van der Waals surface area contributed by atoms with Crippen LogP contribution in [-0.2, 0) is 11.8 Å². The van der Waals surface area contributed by atoms with Gasteiger partial charge in [-0.1, -0.05) is 0 Å². The maximum atomic E-state index is 10.7. The van der Waals surface area contributed by atoms with Crippen LogP contribution in [-0.4, -0.2) is 34.0 Å². The van der Waals surface area contributed by atoms with Gasteiger partial charge in [0.05, 0.1) is 11.5 Å². The Morgan fingerprint density at radius 2 is 2.44 bits per heavy atom. The number of hydrogen-bond donors (Lipinski definition) is 1. The van der Waals surface area contributed by atoms with E-state index < -0.39 is 4.92 Å². The molecule has 7 nitrogen and oxygen atoms in total. The molecule has 90 valence electrons. The van der Waals surface area contributed by atoms with Crippen LogP contribution in [0.15, 0.2) is 6.20 Å². The molecule has 0 bridgehead atoms. The van der Waals surface area contributed by atoms with Crippen LogP contribution in [0.2, 0.25) is 0 Å². The van der Waals surface area contributed by atoms with E-state index in [0.717, 1.165) is 0 Å². The molecule has 1 aromatic heterocycles. The lowest BCUT2D eigenvalue weighted by atomic mass is 10.3. The average Bonchev–Trinajstić information content (AvgIpc) is 2.56. The Labute approximate surface area is 93.5 Å². The molecule has 1 N–H and O–H groups in total. The maximum absolute atomic E-state index is 10.7. The van der Waals surface area contributed by atoms with Crippen molar-refractivity contribution in [2.45, 2.75) is 19.9 Å². The molecule has 0 fully saturated rings. The Morgan fingerprint density at radius 3 is 3.00 bits per heavy atom. The fourth-order valence-corrected chi connectivity index (χ4v) is 1.28. The lowest BCUT2D eigenvalue weighted by Gasteiger charge is -2.12. The number of ether oxygens (including phenoxy) is 1. The van der Waals surface area contributed by atoms with Gasteiger partial charge in [-0.25, -0.2) is 0 Å². The predicted octanol–water partition coefficient (Wildman–Crippen LogP) is 1.17. The number of nitro groups is 1. The molecule has 0 amide bonds. The third-order valence-electron chi connectivity index (χ3n) is 1.96. The number of rotatable bonds is 6. The van der Waals surface area contributed by atoms with E-state index in [1.54, 1.807) is 7.05 Å². The molecular weight excluding hydrogens is 212 g/mol. The molecule has 0 saturated heterocycles. The number of hydrogen-bond acceptors (Lipinski definition) is 5. The summed E-state index contributed by atoms with van der Waals surface area (Å²) in [6.45, 7) is 4.89. The minimum absolute atomic E-state index is 0.0199. The maximum Gasteiger partial charge on any atom is 0.330 e. The van der Waals surface area contributed by atoms with Crippen LogP contribution in [0.25, 0.3) is 0 Å². The zero-order chi connectivity index (χ0) is 12.1. The summed E-state index contributed by atoms with van der Waals surface area (Å²) >= 11 is 0. The van der Waals surface area contributed by atoms with E-state index in [1.165, 1.54) is 10.9 Å². The van der Waals surface area contributed by atoms with Gasteiger partial charge in [0.2, 0.25) is 5.82 Å². The second kappa shape index (κ2) is 5.45. The quantitative estimate of drug-likeness (QED) is 0.583. The molecule has 1 rings (SSSR count). The lowest BCUT2D eigenvalue weighted by molar-refractivity contribution is -0.384. The molecular formula is C9H16N4O3. The number of anilines is 1. The van der Waals surface area contributed by atoms with E-state index in [1.807, 2.05) is 13.8 Å². The van der Waals surface area contributed by atoms with Crippen LogP contribution < -0.4 is 5.32 Å². The summed E-state index contributed by atoms with van der Waals surface area (Å²) in [5, 5.41) is 17.6. The summed E-state index contributed by atoms with van der Waals surface area (Å²) in [6, 6.07) is -0.0199. The van der Waals surface area contributed by atoms with Gasteiger partial charge in [0.1, 0.15) is 6.20 Å². The van der Waals surface area contributed by atoms with Crippen molar-refractivity contribution in [1.29, 1.82) is 0 Å². The van der Waals surface area contributed by atoms with E-state index >= 15 is 0 Å². The molecule has 0 aliphatic carbocycles. The second-order valence-electron chi connectivity index (χ2n) is 3.50. The van der Waals surface area contributed by atoms with Gasteiger partial charge >= 0.3 is 5.69 Å². The highest BCUT2D eigenvalue weighted by Crippen LogP contribution is 2.21. The van der Waals surface area contributed by atoms with Crippen molar-refractivity contribution >= 4 is 11.5 Å². The van der Waals surface area contributed by atoms with Gasteiger partial charge in [0.25, 0.3) is 0 Å². The molecule has 1 unspecified atom stereocenters. The summed E-state index contributed by atoms with van der Waals surface area (Å²) in [6.07, 6.45) is 1.37. The van der Waals surface area contributed by atoms with Gasteiger partial charge in [0.15, 0.2) is 0 Å². The van der Waals surface area contributed by atoms with Crippen LogP contribution in [0.4, 0.5) is 11.5 Å². The summed E-state index contributed by atoms with van der Waals surface area (Å²) in [4.78, 5) is 10.3. The Bertz CT molecular complexity index is 364. The van der Waals surface area contributed by atoms with E-state index in [-0.39, 0.29) is 17.5 Å². The first-order valence-corrected chi connectivity index (χ1v) is 5.07. The van der Waals surface area contributed by atoms with E-state index in [4.69, 9.17) is 4.74 Å². The molecule has 0 radical (unpaired) electrons. The van der Waals surface area contributed by atoms with Crippen molar-refractivity contribution < 1.29 is 9.66 Å². The third-order valence-corrected chi connectivity index (χ3v) is 1.96. The molecule has 1 aromatic rings. The first kappa shape index (κ1) is 12.4. The Morgan fingerprint density at radius 1 is 1.75 bits per heavy atom. The molecule has 1 atom stereocenters. The van der Waals surface area contributed by atoms with Crippen molar-refractivity contribution in [3.8, 4) is 0 Å². The summed E-state index contributed by atoms with van der Waals surface area (Å²) in [5.41, 5.74) is -0.0224. The number of aryl methyl sites for hydroxylation is 1. The third kappa shape index (κ3) is 3.20. The lowest BCUT2D eigenvalue weighted by Crippen LogP contribution is -2.22. The Hall–Kier alpha value is -1.63. The minimum atomic E-state index is -0.456. The zero-order valence-electron chi connectivity index (χ0n) is 9.64. The fraction of sp³-hybridized carbons (Fsp3) is 0.667. The molecule has 1 heterocycles. The highest BCUT2D eigenvalue weighted by atomic mass is 16.6. The number of aromatic nitrogens is 2. The monoisotopic (exact) mass is 228 g/mol. The first-order valence-electron chi connectivity index (χ1n) is 5.07. The number of nitrogens with zero attached hydrogens (tertiary/aromatic N) is 3. The van der Waals surface area contributed by atoms with Crippen LogP contribution in [0.1, 0.15) is 13.8 Å². The highest BCUT2D eigenvalue weighted by Gasteiger charge is 2.19.